The molecule has 1 heterocycles. The molecule has 1 aromatic heterocycles. The van der Waals surface area contributed by atoms with Crippen LogP contribution in [0.4, 0.5) is 9.59 Å². The smallest absolute Gasteiger partial charge is 0.419 e. The second-order valence-electron chi connectivity index (χ2n) is 11.8. The zero-order valence-corrected chi connectivity index (χ0v) is 23.3. The Morgan fingerprint density at radius 3 is 2.20 bits per heavy atom. The lowest BCUT2D eigenvalue weighted by atomic mass is 9.79. The molecule has 2 aliphatic rings. The van der Waals surface area contributed by atoms with Gasteiger partial charge in [-0.2, -0.15) is 0 Å². The highest BCUT2D eigenvalue weighted by atomic mass is 16.6. The molecule has 0 saturated heterocycles. The molecule has 0 bridgehead atoms. The highest BCUT2D eigenvalue weighted by Gasteiger charge is 2.46. The van der Waals surface area contributed by atoms with Gasteiger partial charge in [-0.05, 0) is 67.5 Å². The first-order chi connectivity index (χ1) is 19.6. The monoisotopic (exact) mass is 552 g/mol. The van der Waals surface area contributed by atoms with Crippen molar-refractivity contribution in [2.75, 3.05) is 6.61 Å². The van der Waals surface area contributed by atoms with Gasteiger partial charge in [0.1, 0.15) is 17.7 Å². The number of carbonyl (C=O) groups is 3. The van der Waals surface area contributed by atoms with Crippen LogP contribution in [-0.2, 0) is 27.1 Å². The largest absolute Gasteiger partial charge is 0.479 e. The summed E-state index contributed by atoms with van der Waals surface area (Å²) in [4.78, 5) is 39.1. The van der Waals surface area contributed by atoms with Gasteiger partial charge in [-0.15, -0.1) is 0 Å². The molecule has 0 saturated carbocycles. The van der Waals surface area contributed by atoms with E-state index in [0.717, 1.165) is 27.6 Å². The minimum Gasteiger partial charge on any atom is -0.479 e. The lowest BCUT2D eigenvalue weighted by molar-refractivity contribution is -0.145. The fourth-order valence-corrected chi connectivity index (χ4v) is 6.23. The summed E-state index contributed by atoms with van der Waals surface area (Å²) >= 11 is 0. The second kappa shape index (κ2) is 9.80. The molecule has 1 atom stereocenters. The second-order valence-corrected chi connectivity index (χ2v) is 11.8. The van der Waals surface area contributed by atoms with E-state index < -0.39 is 29.3 Å². The van der Waals surface area contributed by atoms with Crippen LogP contribution < -0.4 is 5.32 Å². The minimum atomic E-state index is -1.58. The standard InChI is InChI=1S/C33H32N2O6/c1-32(2,3)41-31(39)35-27-15-9-8-14-24(27)25-18-33(29(36)37,17-16-28(25)35)34-30(38)40-19-26-22-12-6-4-10-20(22)21-11-5-7-13-23(21)26/h4-15,26H,16-19H2,1-3H3,(H,34,38)(H,36,37). The first-order valence-electron chi connectivity index (χ1n) is 13.8. The number of carbonyl (C=O) groups excluding carboxylic acids is 2. The molecule has 3 aromatic carbocycles. The Labute approximate surface area is 237 Å². The molecule has 0 fully saturated rings. The van der Waals surface area contributed by atoms with Crippen LogP contribution in [-0.4, -0.2) is 45.6 Å². The van der Waals surface area contributed by atoms with Crippen LogP contribution in [0.1, 0.15) is 55.5 Å². The number of hydrogen-bond donors (Lipinski definition) is 2. The lowest BCUT2D eigenvalue weighted by Gasteiger charge is -2.34. The van der Waals surface area contributed by atoms with Crippen molar-refractivity contribution in [3.63, 3.8) is 0 Å². The van der Waals surface area contributed by atoms with Crippen LogP contribution in [0.25, 0.3) is 22.0 Å². The Morgan fingerprint density at radius 1 is 0.951 bits per heavy atom. The zero-order valence-electron chi connectivity index (χ0n) is 23.3. The number of carboxylic acid groups (broad SMARTS) is 1. The summed E-state index contributed by atoms with van der Waals surface area (Å²) in [6.45, 7) is 5.49. The van der Waals surface area contributed by atoms with Crippen molar-refractivity contribution in [2.24, 2.45) is 0 Å². The maximum atomic E-state index is 13.2. The Morgan fingerprint density at radius 2 is 1.56 bits per heavy atom. The van der Waals surface area contributed by atoms with Gasteiger partial charge < -0.3 is 19.9 Å². The van der Waals surface area contributed by atoms with Gasteiger partial charge in [-0.3, -0.25) is 0 Å². The quantitative estimate of drug-likeness (QED) is 0.309. The summed E-state index contributed by atoms with van der Waals surface area (Å²) in [6, 6.07) is 23.4. The summed E-state index contributed by atoms with van der Waals surface area (Å²) < 4.78 is 12.9. The van der Waals surface area contributed by atoms with Crippen LogP contribution in [0.3, 0.4) is 0 Å². The normalized spacial score (nSPS) is 17.8. The molecular weight excluding hydrogens is 520 g/mol. The van der Waals surface area contributed by atoms with Crippen LogP contribution in [0.2, 0.25) is 0 Å². The number of nitrogens with one attached hydrogen (secondary N) is 1. The molecular formula is C33H32N2O6. The third-order valence-corrected chi connectivity index (χ3v) is 8.03. The first-order valence-corrected chi connectivity index (χ1v) is 13.8. The zero-order chi connectivity index (χ0) is 28.9. The van der Waals surface area contributed by atoms with Crippen molar-refractivity contribution in [3.05, 3.63) is 95.2 Å². The summed E-state index contributed by atoms with van der Waals surface area (Å²) in [5.41, 5.74) is 4.15. The average Bonchev–Trinajstić information content (AvgIpc) is 3.43. The van der Waals surface area contributed by atoms with E-state index in [4.69, 9.17) is 9.47 Å². The summed E-state index contributed by atoms with van der Waals surface area (Å²) in [5, 5.41) is 13.8. The number of rotatable bonds is 4. The number of hydrogen-bond acceptors (Lipinski definition) is 5. The van der Waals surface area contributed by atoms with E-state index in [1.807, 2.05) is 60.7 Å². The molecule has 1 amide bonds. The Hall–Kier alpha value is -4.59. The van der Waals surface area contributed by atoms with Gasteiger partial charge in [0.2, 0.25) is 0 Å². The maximum Gasteiger partial charge on any atom is 0.419 e. The van der Waals surface area contributed by atoms with Crippen LogP contribution in [0, 0.1) is 0 Å². The van der Waals surface area contributed by atoms with Crippen molar-refractivity contribution in [1.82, 2.24) is 9.88 Å². The number of para-hydroxylation sites is 1. The van der Waals surface area contributed by atoms with Crippen LogP contribution in [0.5, 0.6) is 0 Å². The minimum absolute atomic E-state index is 0.0121. The fourth-order valence-electron chi connectivity index (χ4n) is 6.23. The fraction of sp³-hybridized carbons (Fsp3) is 0.303. The molecule has 8 heteroatoms. The number of fused-ring (bicyclic) bond motifs is 6. The number of ether oxygens (including phenoxy) is 2. The van der Waals surface area contributed by atoms with Gasteiger partial charge in [0.15, 0.2) is 0 Å². The number of aromatic nitrogens is 1. The van der Waals surface area contributed by atoms with Gasteiger partial charge in [-0.1, -0.05) is 66.7 Å². The molecule has 1 unspecified atom stereocenters. The van der Waals surface area contributed by atoms with Gasteiger partial charge in [0, 0.05) is 23.4 Å². The number of amides is 1. The van der Waals surface area contributed by atoms with E-state index in [1.165, 1.54) is 4.57 Å². The van der Waals surface area contributed by atoms with Gasteiger partial charge in [-0.25, -0.2) is 19.0 Å². The molecule has 0 aliphatic heterocycles. The molecule has 4 aromatic rings. The molecule has 41 heavy (non-hydrogen) atoms. The van der Waals surface area contributed by atoms with Crippen molar-refractivity contribution in [1.29, 1.82) is 0 Å². The van der Waals surface area contributed by atoms with E-state index in [0.29, 0.717) is 16.8 Å². The highest BCUT2D eigenvalue weighted by molar-refractivity contribution is 5.95. The van der Waals surface area contributed by atoms with Crippen LogP contribution in [0.15, 0.2) is 72.8 Å². The number of carboxylic acids is 1. The lowest BCUT2D eigenvalue weighted by Crippen LogP contribution is -2.58. The molecule has 2 aliphatic carbocycles. The summed E-state index contributed by atoms with van der Waals surface area (Å²) in [7, 11) is 0. The Kier molecular flexibility index (Phi) is 6.36. The molecule has 0 spiro atoms. The van der Waals surface area contributed by atoms with E-state index in [9.17, 15) is 19.5 Å². The SMILES string of the molecule is CC(C)(C)OC(=O)n1c2c(c3ccccc31)CC(NC(=O)OCC1c3ccccc3-c3ccccc31)(C(=O)O)CC2. The molecule has 0 radical (unpaired) electrons. The topological polar surface area (TPSA) is 107 Å². The molecule has 6 rings (SSSR count). The van der Waals surface area contributed by atoms with E-state index >= 15 is 0 Å². The predicted octanol–water partition coefficient (Wildman–Crippen LogP) is 6.28. The van der Waals surface area contributed by atoms with Gasteiger partial charge >= 0.3 is 18.2 Å². The predicted molar refractivity (Wildman–Crippen MR) is 154 cm³/mol. The Bertz CT molecular complexity index is 1650. The van der Waals surface area contributed by atoms with E-state index in [-0.39, 0.29) is 31.8 Å². The number of alkyl carbamates (subject to hydrolysis) is 1. The third-order valence-electron chi connectivity index (χ3n) is 8.03. The summed E-state index contributed by atoms with van der Waals surface area (Å²) in [5.74, 6) is -1.29. The third kappa shape index (κ3) is 4.63. The number of aliphatic carboxylic acids is 1. The van der Waals surface area contributed by atoms with Crippen molar-refractivity contribution < 1.29 is 29.0 Å². The summed E-state index contributed by atoms with van der Waals surface area (Å²) in [6.07, 6.45) is -0.924. The molecule has 210 valence electrons. The van der Waals surface area contributed by atoms with Crippen molar-refractivity contribution >= 4 is 29.1 Å². The average molecular weight is 553 g/mol. The Balaban J connectivity index is 1.26. The molecule has 2 N–H and O–H groups in total. The van der Waals surface area contributed by atoms with Gasteiger partial charge in [0.25, 0.3) is 0 Å². The molecule has 8 nitrogen and oxygen atoms in total. The van der Waals surface area contributed by atoms with Crippen molar-refractivity contribution in [3.8, 4) is 11.1 Å². The van der Waals surface area contributed by atoms with Crippen molar-refractivity contribution in [2.45, 2.75) is 57.1 Å². The van der Waals surface area contributed by atoms with E-state index in [2.05, 4.69) is 17.4 Å². The van der Waals surface area contributed by atoms with E-state index in [1.54, 1.807) is 20.8 Å². The maximum absolute atomic E-state index is 13.2. The van der Waals surface area contributed by atoms with Crippen LogP contribution >= 0.6 is 0 Å². The highest BCUT2D eigenvalue weighted by Crippen LogP contribution is 2.44. The number of nitrogens with zero attached hydrogens (tertiary/aromatic N) is 1. The number of benzene rings is 3. The van der Waals surface area contributed by atoms with Gasteiger partial charge in [0.05, 0.1) is 5.52 Å². The first kappa shape index (κ1) is 26.6.